The fraction of sp³-hybridized carbons (Fsp3) is 0.290. The van der Waals surface area contributed by atoms with Crippen molar-refractivity contribution < 1.29 is 33.3 Å². The van der Waals surface area contributed by atoms with Gasteiger partial charge in [-0.1, -0.05) is 24.3 Å². The lowest BCUT2D eigenvalue weighted by Gasteiger charge is -2.40. The highest BCUT2D eigenvalue weighted by atomic mass is 16.5. The summed E-state index contributed by atoms with van der Waals surface area (Å²) in [6.45, 7) is 6.23. The van der Waals surface area contributed by atoms with E-state index in [1.165, 1.54) is 33.5 Å². The predicted octanol–water partition coefficient (Wildman–Crippen LogP) is 5.27. The third kappa shape index (κ3) is 3.65. The van der Waals surface area contributed by atoms with E-state index in [1.54, 1.807) is 17.0 Å². The Balaban J connectivity index is 1.47. The summed E-state index contributed by atoms with van der Waals surface area (Å²) < 4.78 is 28.4. The lowest BCUT2D eigenvalue weighted by atomic mass is 9.88. The van der Waals surface area contributed by atoms with Gasteiger partial charge in [0.1, 0.15) is 5.75 Å². The average molecular weight is 543 g/mol. The van der Waals surface area contributed by atoms with Gasteiger partial charge in [-0.3, -0.25) is 9.69 Å². The molecule has 206 valence electrons. The number of amides is 1. The van der Waals surface area contributed by atoms with Crippen LogP contribution in [0.2, 0.25) is 0 Å². The van der Waals surface area contributed by atoms with Crippen LogP contribution < -0.4 is 29.2 Å². The molecule has 0 saturated heterocycles. The Morgan fingerprint density at radius 3 is 2.38 bits per heavy atom. The van der Waals surface area contributed by atoms with Crippen LogP contribution >= 0.6 is 0 Å². The minimum Gasteiger partial charge on any atom is -0.493 e. The fourth-order valence-corrected chi connectivity index (χ4v) is 5.88. The van der Waals surface area contributed by atoms with Crippen molar-refractivity contribution in [2.75, 3.05) is 31.5 Å². The first kappa shape index (κ1) is 25.8. The van der Waals surface area contributed by atoms with Crippen molar-refractivity contribution in [1.29, 1.82) is 0 Å². The molecule has 1 spiro atoms. The van der Waals surface area contributed by atoms with Crippen LogP contribution in [0.1, 0.15) is 47.8 Å². The zero-order valence-corrected chi connectivity index (χ0v) is 23.2. The number of benzene rings is 3. The van der Waals surface area contributed by atoms with Gasteiger partial charge in [-0.15, -0.1) is 0 Å². The molecule has 0 bridgehead atoms. The van der Waals surface area contributed by atoms with Gasteiger partial charge in [0, 0.05) is 22.4 Å². The quantitative estimate of drug-likeness (QED) is 0.344. The topological polar surface area (TPSA) is 95.6 Å². The van der Waals surface area contributed by atoms with Crippen molar-refractivity contribution in [3.8, 4) is 23.0 Å². The van der Waals surface area contributed by atoms with Crippen molar-refractivity contribution in [2.24, 2.45) is 0 Å². The number of fused-ring (bicyclic) bond motifs is 2. The number of ether oxygens (including phenoxy) is 5. The monoisotopic (exact) mass is 542 g/mol. The van der Waals surface area contributed by atoms with Crippen molar-refractivity contribution in [3.63, 3.8) is 0 Å². The molecule has 3 aromatic carbocycles. The molecule has 0 aliphatic carbocycles. The third-order valence-electron chi connectivity index (χ3n) is 7.64. The first-order valence-electron chi connectivity index (χ1n) is 12.9. The molecule has 1 atom stereocenters. The molecule has 9 heteroatoms. The molecular formula is C31H30N2O7. The van der Waals surface area contributed by atoms with Crippen LogP contribution in [0, 0.1) is 0 Å². The number of allylic oxidation sites excluding steroid dienone is 1. The van der Waals surface area contributed by atoms with Gasteiger partial charge in [0.05, 0.1) is 44.7 Å². The molecule has 9 nitrogen and oxygen atoms in total. The van der Waals surface area contributed by atoms with Crippen LogP contribution in [0.15, 0.2) is 54.6 Å². The highest BCUT2D eigenvalue weighted by Crippen LogP contribution is 2.55. The Bertz CT molecular complexity index is 1580. The molecule has 1 N–H and O–H groups in total. The van der Waals surface area contributed by atoms with Crippen LogP contribution in [0.25, 0.3) is 5.57 Å². The number of rotatable bonds is 5. The van der Waals surface area contributed by atoms with Crippen LogP contribution in [-0.4, -0.2) is 38.7 Å². The highest BCUT2D eigenvalue weighted by Gasteiger charge is 2.59. The van der Waals surface area contributed by atoms with Crippen LogP contribution in [0.3, 0.4) is 0 Å². The first-order valence-corrected chi connectivity index (χ1v) is 12.9. The van der Waals surface area contributed by atoms with Gasteiger partial charge in [0.2, 0.25) is 11.5 Å². The maximum atomic E-state index is 14.2. The minimum atomic E-state index is -1.47. The predicted molar refractivity (Wildman–Crippen MR) is 149 cm³/mol. The average Bonchev–Trinajstić information content (AvgIpc) is 3.18. The number of nitrogens with one attached hydrogen (secondary N) is 1. The van der Waals surface area contributed by atoms with Gasteiger partial charge in [0.25, 0.3) is 5.91 Å². The Kier molecular flexibility index (Phi) is 5.81. The molecule has 3 heterocycles. The summed E-state index contributed by atoms with van der Waals surface area (Å²) in [6.07, 6.45) is 2.04. The lowest BCUT2D eigenvalue weighted by Crippen LogP contribution is -2.55. The molecular weight excluding hydrogens is 512 g/mol. The Labute approximate surface area is 232 Å². The second-order valence-corrected chi connectivity index (χ2v) is 10.5. The molecule has 0 aromatic heterocycles. The Morgan fingerprint density at radius 2 is 1.70 bits per heavy atom. The molecule has 3 aliphatic rings. The minimum absolute atomic E-state index is 0.213. The van der Waals surface area contributed by atoms with Crippen molar-refractivity contribution in [2.45, 2.75) is 38.6 Å². The molecule has 6 rings (SSSR count). The number of para-hydroxylation sites is 1. The number of carbonyl (C=O) groups excluding carboxylic acids is 2. The molecule has 1 unspecified atom stereocenters. The van der Waals surface area contributed by atoms with Crippen molar-refractivity contribution in [3.05, 3.63) is 76.9 Å². The van der Waals surface area contributed by atoms with Crippen LogP contribution in [0.4, 0.5) is 11.4 Å². The van der Waals surface area contributed by atoms with Crippen molar-refractivity contribution in [1.82, 2.24) is 0 Å². The summed E-state index contributed by atoms with van der Waals surface area (Å²) >= 11 is 0. The molecule has 40 heavy (non-hydrogen) atoms. The standard InChI is InChI=1S/C31H30N2O7/c1-17-15-30(2,3)33-26-21(17)13-20(40-28(34)19-11-24(36-4)27(38-6)25(12-19)37-5)14-22(26)31(29(33)35)32-23-10-8-7-9-18(23)16-39-31/h7-15,32H,16H2,1-6H3. The molecule has 3 aliphatic heterocycles. The van der Waals surface area contributed by atoms with Gasteiger partial charge in [0.15, 0.2) is 11.5 Å². The Hall–Kier alpha value is -4.50. The van der Waals surface area contributed by atoms with E-state index in [2.05, 4.69) is 5.32 Å². The largest absolute Gasteiger partial charge is 0.493 e. The van der Waals surface area contributed by atoms with E-state index in [1.807, 2.05) is 51.1 Å². The highest BCUT2D eigenvalue weighted by molar-refractivity contribution is 6.13. The maximum absolute atomic E-state index is 14.2. The van der Waals surface area contributed by atoms with E-state index >= 15 is 0 Å². The normalized spacial score (nSPS) is 19.8. The van der Waals surface area contributed by atoms with Gasteiger partial charge in [-0.05, 0) is 56.7 Å². The number of carbonyl (C=O) groups is 2. The number of hydrogen-bond acceptors (Lipinski definition) is 8. The van der Waals surface area contributed by atoms with Gasteiger partial charge < -0.3 is 29.0 Å². The van der Waals surface area contributed by atoms with Gasteiger partial charge >= 0.3 is 5.97 Å². The summed E-state index contributed by atoms with van der Waals surface area (Å²) in [5.74, 6) is 0.462. The zero-order chi connectivity index (χ0) is 28.4. The maximum Gasteiger partial charge on any atom is 0.343 e. The van der Waals surface area contributed by atoms with E-state index in [0.717, 1.165) is 28.1 Å². The van der Waals surface area contributed by atoms with Crippen LogP contribution in [0.5, 0.6) is 23.0 Å². The van der Waals surface area contributed by atoms with E-state index in [0.29, 0.717) is 22.8 Å². The van der Waals surface area contributed by atoms with Crippen molar-refractivity contribution >= 4 is 28.8 Å². The van der Waals surface area contributed by atoms with E-state index in [-0.39, 0.29) is 23.8 Å². The smallest absolute Gasteiger partial charge is 0.343 e. The lowest BCUT2D eigenvalue weighted by molar-refractivity contribution is -0.143. The zero-order valence-electron chi connectivity index (χ0n) is 23.2. The summed E-state index contributed by atoms with van der Waals surface area (Å²) in [4.78, 5) is 29.4. The number of methoxy groups -OCH3 is 3. The molecule has 0 fully saturated rings. The van der Waals surface area contributed by atoms with E-state index < -0.39 is 17.2 Å². The third-order valence-corrected chi connectivity index (χ3v) is 7.64. The summed E-state index contributed by atoms with van der Waals surface area (Å²) in [6, 6.07) is 14.3. The van der Waals surface area contributed by atoms with Gasteiger partial charge in [-0.2, -0.15) is 0 Å². The number of esters is 1. The van der Waals surface area contributed by atoms with E-state index in [4.69, 9.17) is 23.7 Å². The summed E-state index contributed by atoms with van der Waals surface area (Å²) in [5, 5.41) is 3.38. The molecule has 0 saturated carbocycles. The van der Waals surface area contributed by atoms with Crippen LogP contribution in [-0.2, 0) is 21.9 Å². The second kappa shape index (κ2) is 9.02. The Morgan fingerprint density at radius 1 is 1.00 bits per heavy atom. The molecule has 0 radical (unpaired) electrons. The van der Waals surface area contributed by atoms with E-state index in [9.17, 15) is 9.59 Å². The summed E-state index contributed by atoms with van der Waals surface area (Å²) in [7, 11) is 4.45. The number of nitrogens with zero attached hydrogens (tertiary/aromatic N) is 1. The fourth-order valence-electron chi connectivity index (χ4n) is 5.88. The summed E-state index contributed by atoms with van der Waals surface area (Å²) in [5.41, 5.74) is 3.01. The second-order valence-electron chi connectivity index (χ2n) is 10.5. The first-order chi connectivity index (χ1) is 19.1. The SMILES string of the molecule is COc1cc(C(=O)Oc2cc3c4c(c2)C2(Nc5ccccc5CO2)C(=O)N4C(C)(C)C=C3C)cc(OC)c1OC. The number of hydrogen-bond donors (Lipinski definition) is 1. The number of anilines is 2. The molecule has 1 amide bonds. The van der Waals surface area contributed by atoms with Gasteiger partial charge in [-0.25, -0.2) is 4.79 Å². The molecule has 3 aromatic rings.